The molecule has 142 valence electrons. The number of benzene rings is 2. The second-order valence-electron chi connectivity index (χ2n) is 5.89. The fourth-order valence-electron chi connectivity index (χ4n) is 2.25. The monoisotopic (exact) mass is 395 g/mol. The lowest BCUT2D eigenvalue weighted by Gasteiger charge is -2.01. The van der Waals surface area contributed by atoms with E-state index in [1.54, 1.807) is 30.3 Å². The van der Waals surface area contributed by atoms with Crippen LogP contribution in [-0.2, 0) is 11.2 Å². The van der Waals surface area contributed by atoms with Crippen LogP contribution in [0.1, 0.15) is 26.5 Å². The summed E-state index contributed by atoms with van der Waals surface area (Å²) in [4.78, 5) is 24.1. The van der Waals surface area contributed by atoms with Crippen LogP contribution in [0, 0.1) is 6.92 Å². The normalized spacial score (nSPS) is 10.8. The molecule has 0 saturated heterocycles. The first-order valence-corrected chi connectivity index (χ1v) is 9.12. The van der Waals surface area contributed by atoms with Crippen LogP contribution in [0.25, 0.3) is 0 Å². The number of nitrogens with zero attached hydrogens (tertiary/aromatic N) is 3. The zero-order valence-electron chi connectivity index (χ0n) is 14.9. The maximum Gasteiger partial charge on any atom is 0.257 e. The SMILES string of the molecule is Cc1cccc(C(=O)Nc2nnc(CC(=O)N/N=C/c3ccc(O)cc3)s2)c1. The second-order valence-corrected chi connectivity index (χ2v) is 6.95. The summed E-state index contributed by atoms with van der Waals surface area (Å²) in [6.07, 6.45) is 1.45. The van der Waals surface area contributed by atoms with Crippen molar-refractivity contribution >= 4 is 34.5 Å². The highest BCUT2D eigenvalue weighted by Gasteiger charge is 2.12. The number of carbonyl (C=O) groups excluding carboxylic acids is 2. The van der Waals surface area contributed by atoms with Crippen LogP contribution < -0.4 is 10.7 Å². The Kier molecular flexibility index (Phi) is 6.07. The van der Waals surface area contributed by atoms with E-state index in [-0.39, 0.29) is 24.0 Å². The van der Waals surface area contributed by atoms with Gasteiger partial charge < -0.3 is 5.11 Å². The molecule has 0 aliphatic rings. The number of hydrazone groups is 1. The summed E-state index contributed by atoms with van der Waals surface area (Å²) in [6, 6.07) is 13.6. The van der Waals surface area contributed by atoms with Crippen LogP contribution >= 0.6 is 11.3 Å². The Balaban J connectivity index is 1.51. The predicted octanol–water partition coefficient (Wildman–Crippen LogP) is 2.50. The predicted molar refractivity (Wildman–Crippen MR) is 107 cm³/mol. The van der Waals surface area contributed by atoms with Crippen LogP contribution in [0.5, 0.6) is 5.75 Å². The molecule has 8 nitrogen and oxygen atoms in total. The van der Waals surface area contributed by atoms with Crippen molar-refractivity contribution in [3.05, 3.63) is 70.2 Å². The van der Waals surface area contributed by atoms with E-state index in [4.69, 9.17) is 0 Å². The minimum atomic E-state index is -0.359. The van der Waals surface area contributed by atoms with E-state index < -0.39 is 0 Å². The van der Waals surface area contributed by atoms with Crippen LogP contribution in [0.4, 0.5) is 5.13 Å². The number of aryl methyl sites for hydroxylation is 1. The van der Waals surface area contributed by atoms with E-state index in [0.29, 0.717) is 15.7 Å². The number of anilines is 1. The highest BCUT2D eigenvalue weighted by atomic mass is 32.1. The Labute approximate surface area is 165 Å². The minimum absolute atomic E-state index is 0.00903. The molecular weight excluding hydrogens is 378 g/mol. The third-order valence-corrected chi connectivity index (χ3v) is 4.41. The van der Waals surface area contributed by atoms with Gasteiger partial charge in [-0.2, -0.15) is 5.10 Å². The summed E-state index contributed by atoms with van der Waals surface area (Å²) in [5.74, 6) is -0.486. The molecule has 1 aromatic heterocycles. The summed E-state index contributed by atoms with van der Waals surface area (Å²) < 4.78 is 0. The fraction of sp³-hybridized carbons (Fsp3) is 0.105. The first-order chi connectivity index (χ1) is 13.5. The molecule has 3 rings (SSSR count). The second kappa shape index (κ2) is 8.87. The zero-order valence-corrected chi connectivity index (χ0v) is 15.7. The van der Waals surface area contributed by atoms with Gasteiger partial charge in [-0.15, -0.1) is 10.2 Å². The number of phenolic OH excluding ortho intramolecular Hbond substituents is 1. The summed E-state index contributed by atoms with van der Waals surface area (Å²) in [5.41, 5.74) is 4.64. The van der Waals surface area contributed by atoms with Crippen LogP contribution in [0.2, 0.25) is 0 Å². The Morgan fingerprint density at radius 3 is 2.71 bits per heavy atom. The third-order valence-electron chi connectivity index (χ3n) is 3.58. The molecule has 0 aliphatic carbocycles. The average molecular weight is 395 g/mol. The molecule has 0 fully saturated rings. The number of aromatic hydroxyl groups is 1. The number of carbonyl (C=O) groups is 2. The van der Waals surface area contributed by atoms with Crippen molar-refractivity contribution in [1.29, 1.82) is 0 Å². The third kappa shape index (κ3) is 5.45. The summed E-state index contributed by atoms with van der Waals surface area (Å²) in [6.45, 7) is 1.91. The number of nitrogens with one attached hydrogen (secondary N) is 2. The van der Waals surface area contributed by atoms with Gasteiger partial charge in [0.25, 0.3) is 5.91 Å². The Bertz CT molecular complexity index is 1010. The summed E-state index contributed by atoms with van der Waals surface area (Å²) in [7, 11) is 0. The molecule has 0 atom stereocenters. The van der Waals surface area contributed by atoms with Crippen molar-refractivity contribution in [2.75, 3.05) is 5.32 Å². The molecule has 3 aromatic rings. The molecule has 3 N–H and O–H groups in total. The van der Waals surface area contributed by atoms with E-state index in [1.807, 2.05) is 13.0 Å². The fourth-order valence-corrected chi connectivity index (χ4v) is 2.98. The van der Waals surface area contributed by atoms with Gasteiger partial charge >= 0.3 is 0 Å². The van der Waals surface area contributed by atoms with Crippen LogP contribution in [0.3, 0.4) is 0 Å². The van der Waals surface area contributed by atoms with Crippen molar-refractivity contribution in [3.63, 3.8) is 0 Å². The van der Waals surface area contributed by atoms with Crippen LogP contribution in [-0.4, -0.2) is 33.3 Å². The molecule has 9 heteroatoms. The lowest BCUT2D eigenvalue weighted by molar-refractivity contribution is -0.120. The molecule has 0 unspecified atom stereocenters. The molecule has 0 aliphatic heterocycles. The zero-order chi connectivity index (χ0) is 19.9. The Morgan fingerprint density at radius 1 is 1.18 bits per heavy atom. The van der Waals surface area contributed by atoms with Crippen molar-refractivity contribution in [2.45, 2.75) is 13.3 Å². The smallest absolute Gasteiger partial charge is 0.257 e. The highest BCUT2D eigenvalue weighted by Crippen LogP contribution is 2.17. The quantitative estimate of drug-likeness (QED) is 0.438. The largest absolute Gasteiger partial charge is 0.508 e. The van der Waals surface area contributed by atoms with Crippen molar-refractivity contribution < 1.29 is 14.7 Å². The molecule has 0 radical (unpaired) electrons. The topological polar surface area (TPSA) is 117 Å². The standard InChI is InChI=1S/C19H17N5O3S/c1-12-3-2-4-14(9-12)18(27)21-19-24-23-17(28-19)10-16(26)22-20-11-13-5-7-15(25)8-6-13/h2-9,11,25H,10H2,1H3,(H,22,26)(H,21,24,27)/b20-11+. The van der Waals surface area contributed by atoms with Crippen LogP contribution in [0.15, 0.2) is 53.6 Å². The maximum absolute atomic E-state index is 12.2. The summed E-state index contributed by atoms with van der Waals surface area (Å²) in [5, 5.41) is 24.3. The lowest BCUT2D eigenvalue weighted by Crippen LogP contribution is -2.19. The van der Waals surface area contributed by atoms with Gasteiger partial charge in [-0.1, -0.05) is 29.0 Å². The number of phenols is 1. The van der Waals surface area contributed by atoms with Gasteiger partial charge in [0.05, 0.1) is 12.6 Å². The van der Waals surface area contributed by atoms with Gasteiger partial charge in [0.1, 0.15) is 10.8 Å². The number of amides is 2. The number of aromatic nitrogens is 2. The van der Waals surface area contributed by atoms with Gasteiger partial charge in [0.15, 0.2) is 0 Å². The first-order valence-electron chi connectivity index (χ1n) is 8.31. The van der Waals surface area contributed by atoms with Gasteiger partial charge in [0, 0.05) is 5.56 Å². The van der Waals surface area contributed by atoms with E-state index >= 15 is 0 Å². The van der Waals surface area contributed by atoms with Gasteiger partial charge in [-0.3, -0.25) is 14.9 Å². The van der Waals surface area contributed by atoms with Gasteiger partial charge in [-0.05, 0) is 48.9 Å². The van der Waals surface area contributed by atoms with Crippen molar-refractivity contribution in [3.8, 4) is 5.75 Å². The molecule has 0 bridgehead atoms. The molecule has 2 aromatic carbocycles. The molecule has 0 saturated carbocycles. The minimum Gasteiger partial charge on any atom is -0.508 e. The van der Waals surface area contributed by atoms with Gasteiger partial charge in [-0.25, -0.2) is 5.43 Å². The molecular formula is C19H17N5O3S. The maximum atomic E-state index is 12.2. The Morgan fingerprint density at radius 2 is 1.96 bits per heavy atom. The van der Waals surface area contributed by atoms with E-state index in [2.05, 4.69) is 26.0 Å². The molecule has 28 heavy (non-hydrogen) atoms. The van der Waals surface area contributed by atoms with Crippen molar-refractivity contribution in [2.24, 2.45) is 5.10 Å². The average Bonchev–Trinajstić information content (AvgIpc) is 3.10. The first kappa shape index (κ1) is 19.2. The molecule has 1 heterocycles. The number of rotatable bonds is 6. The van der Waals surface area contributed by atoms with E-state index in [9.17, 15) is 14.7 Å². The lowest BCUT2D eigenvalue weighted by atomic mass is 10.1. The van der Waals surface area contributed by atoms with E-state index in [1.165, 1.54) is 18.3 Å². The number of hydrogen-bond acceptors (Lipinski definition) is 7. The molecule has 2 amide bonds. The van der Waals surface area contributed by atoms with Gasteiger partial charge in [0.2, 0.25) is 11.0 Å². The molecule has 0 spiro atoms. The van der Waals surface area contributed by atoms with Crippen molar-refractivity contribution in [1.82, 2.24) is 15.6 Å². The number of hydrogen-bond donors (Lipinski definition) is 3. The summed E-state index contributed by atoms with van der Waals surface area (Å²) >= 11 is 1.13. The van der Waals surface area contributed by atoms with E-state index in [0.717, 1.165) is 22.5 Å². The highest BCUT2D eigenvalue weighted by molar-refractivity contribution is 7.15. The Hall–Kier alpha value is -3.59.